The number of nitrogens with zero attached hydrogens (tertiary/aromatic N) is 1. The van der Waals surface area contributed by atoms with Gasteiger partial charge >= 0.3 is 0 Å². The van der Waals surface area contributed by atoms with Crippen LogP contribution in [0.5, 0.6) is 0 Å². The zero-order valence-electron chi connectivity index (χ0n) is 13.4. The number of hydrogen-bond donors (Lipinski definition) is 1. The monoisotopic (exact) mass is 286 g/mol. The van der Waals surface area contributed by atoms with Crippen LogP contribution < -0.4 is 0 Å². The normalized spacial score (nSPS) is 12.5. The van der Waals surface area contributed by atoms with Crippen molar-refractivity contribution in [2.24, 2.45) is 5.92 Å². The van der Waals surface area contributed by atoms with Gasteiger partial charge in [-0.2, -0.15) is 0 Å². The predicted molar refractivity (Wildman–Crippen MR) is 88.3 cm³/mol. The molecule has 1 atom stereocenters. The summed E-state index contributed by atoms with van der Waals surface area (Å²) >= 11 is 0. The SMILES string of the molecule is CCC(C)CN(C)C(=O)CCCc1c[nH]c2ccccc12. The van der Waals surface area contributed by atoms with E-state index >= 15 is 0 Å². The van der Waals surface area contributed by atoms with Gasteiger partial charge in [-0.1, -0.05) is 38.5 Å². The van der Waals surface area contributed by atoms with Gasteiger partial charge in [0, 0.05) is 37.1 Å². The number of para-hydroxylation sites is 1. The van der Waals surface area contributed by atoms with Crippen LogP contribution in [0, 0.1) is 5.92 Å². The molecule has 0 radical (unpaired) electrons. The number of aryl methyl sites for hydroxylation is 1. The van der Waals surface area contributed by atoms with E-state index in [-0.39, 0.29) is 5.91 Å². The maximum atomic E-state index is 12.1. The zero-order chi connectivity index (χ0) is 15.2. The Labute approximate surface area is 127 Å². The molecule has 1 amide bonds. The minimum atomic E-state index is 0.259. The number of carbonyl (C=O) groups is 1. The van der Waals surface area contributed by atoms with E-state index in [2.05, 4.69) is 43.2 Å². The summed E-state index contributed by atoms with van der Waals surface area (Å²) in [4.78, 5) is 17.3. The average molecular weight is 286 g/mol. The molecule has 1 N–H and O–H groups in total. The molecule has 1 unspecified atom stereocenters. The van der Waals surface area contributed by atoms with E-state index in [1.807, 2.05) is 18.0 Å². The van der Waals surface area contributed by atoms with Crippen molar-refractivity contribution in [1.82, 2.24) is 9.88 Å². The quantitative estimate of drug-likeness (QED) is 0.820. The van der Waals surface area contributed by atoms with Crippen LogP contribution in [0.3, 0.4) is 0 Å². The number of amides is 1. The fourth-order valence-corrected chi connectivity index (χ4v) is 2.66. The maximum Gasteiger partial charge on any atom is 0.222 e. The Balaban J connectivity index is 1.82. The summed E-state index contributed by atoms with van der Waals surface area (Å²) in [7, 11) is 1.92. The molecule has 0 aliphatic heterocycles. The fourth-order valence-electron chi connectivity index (χ4n) is 2.66. The second-order valence-electron chi connectivity index (χ2n) is 6.00. The number of aromatic nitrogens is 1. The number of benzene rings is 1. The minimum absolute atomic E-state index is 0.259. The molecule has 1 heterocycles. The van der Waals surface area contributed by atoms with Crippen LogP contribution >= 0.6 is 0 Å². The van der Waals surface area contributed by atoms with Crippen molar-refractivity contribution in [3.8, 4) is 0 Å². The molecule has 114 valence electrons. The van der Waals surface area contributed by atoms with Gasteiger partial charge in [-0.05, 0) is 30.4 Å². The van der Waals surface area contributed by atoms with Gasteiger partial charge in [-0.3, -0.25) is 4.79 Å². The topological polar surface area (TPSA) is 36.1 Å². The van der Waals surface area contributed by atoms with Gasteiger partial charge in [-0.15, -0.1) is 0 Å². The van der Waals surface area contributed by atoms with Crippen LogP contribution in [0.25, 0.3) is 10.9 Å². The molecule has 0 bridgehead atoms. The molecular weight excluding hydrogens is 260 g/mol. The largest absolute Gasteiger partial charge is 0.361 e. The number of H-pyrrole nitrogens is 1. The van der Waals surface area contributed by atoms with Crippen LogP contribution in [-0.2, 0) is 11.2 Å². The van der Waals surface area contributed by atoms with E-state index in [0.717, 1.165) is 25.8 Å². The van der Waals surface area contributed by atoms with Crippen molar-refractivity contribution in [1.29, 1.82) is 0 Å². The molecule has 0 fully saturated rings. The van der Waals surface area contributed by atoms with Crippen LogP contribution in [0.1, 0.15) is 38.7 Å². The Kier molecular flexibility index (Phi) is 5.43. The predicted octanol–water partition coefficient (Wildman–Crippen LogP) is 4.00. The first-order valence-electron chi connectivity index (χ1n) is 7.90. The molecular formula is C18H26N2O. The third-order valence-electron chi connectivity index (χ3n) is 4.22. The van der Waals surface area contributed by atoms with E-state index < -0.39 is 0 Å². The number of nitrogens with one attached hydrogen (secondary N) is 1. The summed E-state index contributed by atoms with van der Waals surface area (Å²) in [6.07, 6.45) is 5.68. The molecule has 0 spiro atoms. The highest BCUT2D eigenvalue weighted by atomic mass is 16.2. The highest BCUT2D eigenvalue weighted by Crippen LogP contribution is 2.19. The van der Waals surface area contributed by atoms with Gasteiger partial charge in [0.1, 0.15) is 0 Å². The van der Waals surface area contributed by atoms with Crippen molar-refractivity contribution < 1.29 is 4.79 Å². The number of fused-ring (bicyclic) bond motifs is 1. The van der Waals surface area contributed by atoms with Crippen LogP contribution in [-0.4, -0.2) is 29.4 Å². The summed E-state index contributed by atoms with van der Waals surface area (Å²) in [5, 5.41) is 1.28. The first-order chi connectivity index (χ1) is 10.1. The average Bonchev–Trinajstić information content (AvgIpc) is 2.90. The lowest BCUT2D eigenvalue weighted by molar-refractivity contribution is -0.130. The van der Waals surface area contributed by atoms with Gasteiger partial charge in [0.05, 0.1) is 0 Å². The van der Waals surface area contributed by atoms with Gasteiger partial charge in [0.25, 0.3) is 0 Å². The Hall–Kier alpha value is -1.77. The number of rotatable bonds is 7. The van der Waals surface area contributed by atoms with Crippen LogP contribution in [0.2, 0.25) is 0 Å². The van der Waals surface area contributed by atoms with Crippen molar-refractivity contribution in [2.45, 2.75) is 39.5 Å². The molecule has 2 aromatic rings. The van der Waals surface area contributed by atoms with Crippen LogP contribution in [0.4, 0.5) is 0 Å². The maximum absolute atomic E-state index is 12.1. The zero-order valence-corrected chi connectivity index (χ0v) is 13.4. The van der Waals surface area contributed by atoms with Crippen LogP contribution in [0.15, 0.2) is 30.5 Å². The Morgan fingerprint density at radius 3 is 2.86 bits per heavy atom. The molecule has 21 heavy (non-hydrogen) atoms. The number of hydrogen-bond acceptors (Lipinski definition) is 1. The standard InChI is InChI=1S/C18H26N2O/c1-4-14(2)13-20(3)18(21)11-7-8-15-12-19-17-10-6-5-9-16(15)17/h5-6,9-10,12,14,19H,4,7-8,11,13H2,1-3H3. The molecule has 0 aliphatic carbocycles. The molecule has 3 nitrogen and oxygen atoms in total. The molecule has 1 aromatic heterocycles. The van der Waals surface area contributed by atoms with Crippen molar-refractivity contribution in [2.75, 3.05) is 13.6 Å². The third-order valence-corrected chi connectivity index (χ3v) is 4.22. The van der Waals surface area contributed by atoms with Gasteiger partial charge < -0.3 is 9.88 Å². The fraction of sp³-hybridized carbons (Fsp3) is 0.500. The summed E-state index contributed by atoms with van der Waals surface area (Å²) < 4.78 is 0. The van der Waals surface area contributed by atoms with Crippen molar-refractivity contribution in [3.05, 3.63) is 36.0 Å². The molecule has 0 saturated carbocycles. The van der Waals surface area contributed by atoms with Crippen molar-refractivity contribution in [3.63, 3.8) is 0 Å². The second kappa shape index (κ2) is 7.30. The van der Waals surface area contributed by atoms with E-state index in [1.165, 1.54) is 16.5 Å². The number of aromatic amines is 1. The van der Waals surface area contributed by atoms with E-state index in [4.69, 9.17) is 0 Å². The molecule has 0 saturated heterocycles. The number of carbonyl (C=O) groups excluding carboxylic acids is 1. The first-order valence-corrected chi connectivity index (χ1v) is 7.90. The minimum Gasteiger partial charge on any atom is -0.361 e. The summed E-state index contributed by atoms with van der Waals surface area (Å²) in [6, 6.07) is 8.32. The van der Waals surface area contributed by atoms with E-state index in [1.54, 1.807) is 0 Å². The molecule has 0 aliphatic rings. The lowest BCUT2D eigenvalue weighted by Crippen LogP contribution is -2.30. The lowest BCUT2D eigenvalue weighted by Gasteiger charge is -2.20. The summed E-state index contributed by atoms with van der Waals surface area (Å²) in [6.45, 7) is 5.22. The third kappa shape index (κ3) is 4.10. The highest BCUT2D eigenvalue weighted by Gasteiger charge is 2.11. The Morgan fingerprint density at radius 1 is 1.33 bits per heavy atom. The Bertz CT molecular complexity index is 588. The second-order valence-corrected chi connectivity index (χ2v) is 6.00. The highest BCUT2D eigenvalue weighted by molar-refractivity contribution is 5.83. The molecule has 1 aromatic carbocycles. The summed E-state index contributed by atoms with van der Waals surface area (Å²) in [5.41, 5.74) is 2.48. The smallest absolute Gasteiger partial charge is 0.222 e. The van der Waals surface area contributed by atoms with Gasteiger partial charge in [0.15, 0.2) is 0 Å². The molecule has 3 heteroatoms. The van der Waals surface area contributed by atoms with Crippen molar-refractivity contribution >= 4 is 16.8 Å². The first kappa shape index (κ1) is 15.6. The van der Waals surface area contributed by atoms with Gasteiger partial charge in [0.2, 0.25) is 5.91 Å². The Morgan fingerprint density at radius 2 is 2.10 bits per heavy atom. The molecule has 2 rings (SSSR count). The van der Waals surface area contributed by atoms with Gasteiger partial charge in [-0.25, -0.2) is 0 Å². The van der Waals surface area contributed by atoms with E-state index in [0.29, 0.717) is 12.3 Å². The van der Waals surface area contributed by atoms with E-state index in [9.17, 15) is 4.79 Å². The lowest BCUT2D eigenvalue weighted by atomic mass is 10.1. The summed E-state index contributed by atoms with van der Waals surface area (Å²) in [5.74, 6) is 0.836.